The predicted molar refractivity (Wildman–Crippen MR) is 57.3 cm³/mol. The van der Waals surface area contributed by atoms with Crippen LogP contribution in [-0.4, -0.2) is 32.5 Å². The Kier molecular flexibility index (Phi) is 10.1. The zero-order valence-electron chi connectivity index (χ0n) is 9.33. The summed E-state index contributed by atoms with van der Waals surface area (Å²) in [7, 11) is 0. The van der Waals surface area contributed by atoms with Crippen molar-refractivity contribution < 1.29 is 14.2 Å². The highest BCUT2D eigenvalue weighted by Gasteiger charge is 2.00. The van der Waals surface area contributed by atoms with Gasteiger partial charge in [0.15, 0.2) is 0 Å². The van der Waals surface area contributed by atoms with Crippen LogP contribution < -0.4 is 0 Å². The van der Waals surface area contributed by atoms with Crippen LogP contribution in [0.5, 0.6) is 0 Å². The van der Waals surface area contributed by atoms with E-state index < -0.39 is 0 Å². The average molecular weight is 202 g/mol. The van der Waals surface area contributed by atoms with Gasteiger partial charge in [0.25, 0.3) is 0 Å². The van der Waals surface area contributed by atoms with Crippen molar-refractivity contribution in [2.24, 2.45) is 0 Å². The van der Waals surface area contributed by atoms with Crippen molar-refractivity contribution in [2.75, 3.05) is 26.4 Å². The van der Waals surface area contributed by atoms with Crippen molar-refractivity contribution in [1.82, 2.24) is 0 Å². The molecular formula is C11H22O3. The molecule has 0 saturated carbocycles. The largest absolute Gasteiger partial charge is 0.499 e. The van der Waals surface area contributed by atoms with Gasteiger partial charge in [-0.05, 0) is 19.8 Å². The van der Waals surface area contributed by atoms with Gasteiger partial charge < -0.3 is 14.2 Å². The molecule has 0 radical (unpaired) electrons. The van der Waals surface area contributed by atoms with Gasteiger partial charge in [-0.15, -0.1) is 0 Å². The van der Waals surface area contributed by atoms with Gasteiger partial charge >= 0.3 is 0 Å². The maximum absolute atomic E-state index is 5.47. The quantitative estimate of drug-likeness (QED) is 0.402. The van der Waals surface area contributed by atoms with Crippen LogP contribution in [0.3, 0.4) is 0 Å². The molecule has 0 aromatic heterocycles. The van der Waals surface area contributed by atoms with Crippen LogP contribution in [0.4, 0.5) is 0 Å². The summed E-state index contributed by atoms with van der Waals surface area (Å²) < 4.78 is 15.8. The normalized spacial score (nSPS) is 12.4. The van der Waals surface area contributed by atoms with E-state index in [0.717, 1.165) is 32.7 Å². The second-order valence-corrected chi connectivity index (χ2v) is 3.15. The highest BCUT2D eigenvalue weighted by molar-refractivity contribution is 4.53. The van der Waals surface area contributed by atoms with E-state index in [4.69, 9.17) is 14.2 Å². The molecule has 0 amide bonds. The van der Waals surface area contributed by atoms with Crippen molar-refractivity contribution in [2.45, 2.75) is 32.8 Å². The van der Waals surface area contributed by atoms with Crippen LogP contribution in [0.15, 0.2) is 12.8 Å². The fourth-order valence-corrected chi connectivity index (χ4v) is 0.944. The van der Waals surface area contributed by atoms with Gasteiger partial charge in [0.2, 0.25) is 0 Å². The standard InChI is InChI=1S/C11H22O3/c1-4-7-13-8-6-9-14-11(3)10-12-5-2/h5,11H,2,4,6-10H2,1,3H3. The zero-order valence-corrected chi connectivity index (χ0v) is 9.33. The second kappa shape index (κ2) is 10.5. The van der Waals surface area contributed by atoms with E-state index in [9.17, 15) is 0 Å². The summed E-state index contributed by atoms with van der Waals surface area (Å²) in [6.45, 7) is 10.5. The van der Waals surface area contributed by atoms with Gasteiger partial charge in [0.05, 0.1) is 12.4 Å². The molecule has 3 nitrogen and oxygen atoms in total. The summed E-state index contributed by atoms with van der Waals surface area (Å²) >= 11 is 0. The van der Waals surface area contributed by atoms with Crippen LogP contribution in [0.25, 0.3) is 0 Å². The van der Waals surface area contributed by atoms with Crippen LogP contribution in [0.1, 0.15) is 26.7 Å². The minimum atomic E-state index is 0.124. The Morgan fingerprint density at radius 2 is 2.07 bits per heavy atom. The van der Waals surface area contributed by atoms with Crippen molar-refractivity contribution in [3.05, 3.63) is 12.8 Å². The predicted octanol–water partition coefficient (Wildman–Crippen LogP) is 2.37. The van der Waals surface area contributed by atoms with Gasteiger partial charge in [0.1, 0.15) is 6.61 Å². The number of hydrogen-bond donors (Lipinski definition) is 0. The summed E-state index contributed by atoms with van der Waals surface area (Å²) in [4.78, 5) is 0. The van der Waals surface area contributed by atoms with Crippen molar-refractivity contribution in [3.63, 3.8) is 0 Å². The molecule has 0 aromatic carbocycles. The molecule has 1 atom stereocenters. The van der Waals surface area contributed by atoms with Gasteiger partial charge in [-0.2, -0.15) is 0 Å². The fraction of sp³-hybridized carbons (Fsp3) is 0.818. The molecule has 3 heteroatoms. The molecule has 0 aliphatic carbocycles. The molecule has 0 fully saturated rings. The first kappa shape index (κ1) is 13.5. The summed E-state index contributed by atoms with van der Waals surface area (Å²) in [6.07, 6.45) is 3.58. The highest BCUT2D eigenvalue weighted by Crippen LogP contribution is 1.94. The molecule has 14 heavy (non-hydrogen) atoms. The Hall–Kier alpha value is -0.540. The van der Waals surface area contributed by atoms with Gasteiger partial charge in [-0.1, -0.05) is 13.5 Å². The average Bonchev–Trinajstić information content (AvgIpc) is 2.20. The van der Waals surface area contributed by atoms with E-state index in [1.54, 1.807) is 0 Å². The molecule has 0 aromatic rings. The van der Waals surface area contributed by atoms with Crippen molar-refractivity contribution in [3.8, 4) is 0 Å². The van der Waals surface area contributed by atoms with Crippen molar-refractivity contribution in [1.29, 1.82) is 0 Å². The van der Waals surface area contributed by atoms with Crippen LogP contribution in [0, 0.1) is 0 Å². The Balaban J connectivity index is 3.06. The van der Waals surface area contributed by atoms with E-state index in [0.29, 0.717) is 6.61 Å². The summed E-state index contributed by atoms with van der Waals surface area (Å²) in [5.74, 6) is 0. The van der Waals surface area contributed by atoms with Crippen LogP contribution >= 0.6 is 0 Å². The second-order valence-electron chi connectivity index (χ2n) is 3.15. The first-order valence-corrected chi connectivity index (χ1v) is 5.23. The molecule has 0 aliphatic rings. The lowest BCUT2D eigenvalue weighted by Gasteiger charge is -2.12. The molecule has 1 unspecified atom stereocenters. The minimum absolute atomic E-state index is 0.124. The molecule has 0 rings (SSSR count). The minimum Gasteiger partial charge on any atom is -0.499 e. The molecule has 0 bridgehead atoms. The third kappa shape index (κ3) is 9.55. The van der Waals surface area contributed by atoms with Crippen LogP contribution in [0.2, 0.25) is 0 Å². The Labute approximate surface area is 87.0 Å². The molecular weight excluding hydrogens is 180 g/mol. The van der Waals surface area contributed by atoms with E-state index >= 15 is 0 Å². The zero-order chi connectivity index (χ0) is 10.6. The van der Waals surface area contributed by atoms with Gasteiger partial charge in [0, 0.05) is 19.8 Å². The van der Waals surface area contributed by atoms with Gasteiger partial charge in [-0.3, -0.25) is 0 Å². The van der Waals surface area contributed by atoms with E-state index in [-0.39, 0.29) is 6.10 Å². The summed E-state index contributed by atoms with van der Waals surface area (Å²) in [6, 6.07) is 0. The SMILES string of the molecule is C=COCC(C)OCCCOCCC. The third-order valence-corrected chi connectivity index (χ3v) is 1.63. The Bertz CT molecular complexity index is 126. The topological polar surface area (TPSA) is 27.7 Å². The molecule has 0 aliphatic heterocycles. The maximum Gasteiger partial charge on any atom is 0.113 e. The smallest absolute Gasteiger partial charge is 0.113 e. The lowest BCUT2D eigenvalue weighted by Crippen LogP contribution is -2.16. The molecule has 0 saturated heterocycles. The summed E-state index contributed by atoms with van der Waals surface area (Å²) in [5, 5.41) is 0. The fourth-order valence-electron chi connectivity index (χ4n) is 0.944. The first-order valence-electron chi connectivity index (χ1n) is 5.23. The maximum atomic E-state index is 5.47. The Morgan fingerprint density at radius 1 is 1.29 bits per heavy atom. The summed E-state index contributed by atoms with van der Waals surface area (Å²) in [5.41, 5.74) is 0. The first-order chi connectivity index (χ1) is 6.81. The molecule has 84 valence electrons. The molecule has 0 spiro atoms. The monoisotopic (exact) mass is 202 g/mol. The number of hydrogen-bond acceptors (Lipinski definition) is 3. The Morgan fingerprint density at radius 3 is 2.71 bits per heavy atom. The van der Waals surface area contributed by atoms with E-state index in [2.05, 4.69) is 13.5 Å². The van der Waals surface area contributed by atoms with Crippen LogP contribution in [-0.2, 0) is 14.2 Å². The van der Waals surface area contributed by atoms with Crippen molar-refractivity contribution >= 4 is 0 Å². The molecule has 0 N–H and O–H groups in total. The van der Waals surface area contributed by atoms with E-state index in [1.165, 1.54) is 6.26 Å². The van der Waals surface area contributed by atoms with E-state index in [1.807, 2.05) is 6.92 Å². The highest BCUT2D eigenvalue weighted by atomic mass is 16.5. The lowest BCUT2D eigenvalue weighted by molar-refractivity contribution is 0.00824. The van der Waals surface area contributed by atoms with Gasteiger partial charge in [-0.25, -0.2) is 0 Å². The lowest BCUT2D eigenvalue weighted by atomic mass is 10.4. The number of rotatable bonds is 10. The molecule has 0 heterocycles. The number of ether oxygens (including phenoxy) is 3. The third-order valence-electron chi connectivity index (χ3n) is 1.63.